The molecular formula is C7H9F3O2. The van der Waals surface area contributed by atoms with E-state index in [4.69, 9.17) is 12.0 Å². The van der Waals surface area contributed by atoms with Crippen molar-refractivity contribution in [1.82, 2.24) is 0 Å². The Balaban J connectivity index is 2.64. The Morgan fingerprint density at radius 3 is 2.42 bits per heavy atom. The molecule has 0 aliphatic carbocycles. The average molecular weight is 182 g/mol. The van der Waals surface area contributed by atoms with Gasteiger partial charge in [-0.2, -0.15) is 13.2 Å². The van der Waals surface area contributed by atoms with Crippen molar-refractivity contribution in [3.8, 4) is 0 Å². The van der Waals surface area contributed by atoms with E-state index in [1.807, 2.05) is 0 Å². The van der Waals surface area contributed by atoms with E-state index in [1.165, 1.54) is 0 Å². The van der Waals surface area contributed by atoms with Crippen LogP contribution in [0, 0.1) is 12.8 Å². The van der Waals surface area contributed by atoms with Crippen molar-refractivity contribution in [3.63, 3.8) is 0 Å². The lowest BCUT2D eigenvalue weighted by molar-refractivity contribution is -0.190. The molecule has 1 saturated heterocycles. The zero-order chi connectivity index (χ0) is 9.35. The summed E-state index contributed by atoms with van der Waals surface area (Å²) in [6.07, 6.45) is -6.70. The number of ether oxygens (including phenoxy) is 1. The Bertz CT molecular complexity index is 157. The number of aliphatic hydroxyl groups excluding tert-OH is 1. The van der Waals surface area contributed by atoms with Gasteiger partial charge in [-0.1, -0.05) is 0 Å². The minimum absolute atomic E-state index is 0.269. The van der Waals surface area contributed by atoms with Gasteiger partial charge in [0.1, 0.15) is 0 Å². The lowest BCUT2D eigenvalue weighted by atomic mass is 10.00. The fourth-order valence-electron chi connectivity index (χ4n) is 1.29. The normalized spacial score (nSPS) is 37.2. The molecule has 0 bridgehead atoms. The second-order valence-corrected chi connectivity index (χ2v) is 2.78. The molecule has 1 fully saturated rings. The average Bonchev–Trinajstić information content (AvgIpc) is 2.29. The predicted octanol–water partition coefficient (Wildman–Crippen LogP) is 1.03. The van der Waals surface area contributed by atoms with Gasteiger partial charge in [-0.25, -0.2) is 0 Å². The van der Waals surface area contributed by atoms with Crippen LogP contribution in [0.1, 0.15) is 6.42 Å². The first-order valence-corrected chi connectivity index (χ1v) is 3.53. The third kappa shape index (κ3) is 1.90. The standard InChI is InChI=1S/C7H9F3O2/c1-4-2-5(7(8,9)10)6(3-11)12-4/h1,4-6,11H,2-3H2/t4?,5-,6-/m1/s1. The number of hydrogen-bond acceptors (Lipinski definition) is 2. The van der Waals surface area contributed by atoms with Crippen LogP contribution in [-0.2, 0) is 4.74 Å². The van der Waals surface area contributed by atoms with Crippen molar-refractivity contribution in [1.29, 1.82) is 0 Å². The van der Waals surface area contributed by atoms with Crippen molar-refractivity contribution in [3.05, 3.63) is 6.92 Å². The smallest absolute Gasteiger partial charge is 0.394 e. The Morgan fingerprint density at radius 2 is 2.08 bits per heavy atom. The van der Waals surface area contributed by atoms with Crippen LogP contribution in [0.2, 0.25) is 0 Å². The maximum Gasteiger partial charge on any atom is 0.394 e. The lowest BCUT2D eigenvalue weighted by Gasteiger charge is -2.18. The topological polar surface area (TPSA) is 29.5 Å². The number of rotatable bonds is 1. The second kappa shape index (κ2) is 3.22. The van der Waals surface area contributed by atoms with Crippen LogP contribution in [0.25, 0.3) is 0 Å². The molecule has 5 heteroatoms. The molecule has 0 aromatic heterocycles. The molecule has 0 aromatic rings. The molecule has 1 rings (SSSR count). The molecule has 12 heavy (non-hydrogen) atoms. The van der Waals surface area contributed by atoms with Gasteiger partial charge in [0.05, 0.1) is 24.7 Å². The highest BCUT2D eigenvalue weighted by Gasteiger charge is 2.49. The SMILES string of the molecule is [CH]C1C[C@@H](C(F)(F)F)[C@@H](CO)O1. The summed E-state index contributed by atoms with van der Waals surface area (Å²) >= 11 is 0. The van der Waals surface area contributed by atoms with E-state index in [9.17, 15) is 13.2 Å². The van der Waals surface area contributed by atoms with Crippen LogP contribution in [0.15, 0.2) is 0 Å². The lowest BCUT2D eigenvalue weighted by Crippen LogP contribution is -2.32. The van der Waals surface area contributed by atoms with Gasteiger partial charge in [-0.15, -0.1) is 0 Å². The van der Waals surface area contributed by atoms with Gasteiger partial charge in [0, 0.05) is 0 Å². The summed E-state index contributed by atoms with van der Waals surface area (Å²) in [6.45, 7) is 4.51. The maximum absolute atomic E-state index is 12.1. The van der Waals surface area contributed by atoms with Gasteiger partial charge in [0.15, 0.2) is 0 Å². The summed E-state index contributed by atoms with van der Waals surface area (Å²) in [5.74, 6) is -1.63. The summed E-state index contributed by atoms with van der Waals surface area (Å²) in [7, 11) is 0. The Labute approximate surface area is 68.3 Å². The summed E-state index contributed by atoms with van der Waals surface area (Å²) in [5, 5.41) is 8.54. The molecule has 2 radical (unpaired) electrons. The molecule has 1 heterocycles. The first-order chi connectivity index (χ1) is 5.45. The third-order valence-electron chi connectivity index (χ3n) is 1.88. The highest BCUT2D eigenvalue weighted by Crippen LogP contribution is 2.38. The zero-order valence-electron chi connectivity index (χ0n) is 6.21. The molecule has 2 nitrogen and oxygen atoms in total. The molecule has 1 aliphatic rings. The summed E-state index contributed by atoms with van der Waals surface area (Å²) in [4.78, 5) is 0. The minimum Gasteiger partial charge on any atom is -0.394 e. The third-order valence-corrected chi connectivity index (χ3v) is 1.88. The monoisotopic (exact) mass is 182 g/mol. The first-order valence-electron chi connectivity index (χ1n) is 3.53. The van der Waals surface area contributed by atoms with Crippen molar-refractivity contribution in [2.24, 2.45) is 5.92 Å². The van der Waals surface area contributed by atoms with E-state index in [1.54, 1.807) is 0 Å². The number of aliphatic hydroxyl groups is 1. The van der Waals surface area contributed by atoms with Gasteiger partial charge in [0.2, 0.25) is 0 Å². The molecule has 1 aliphatic heterocycles. The van der Waals surface area contributed by atoms with Crippen LogP contribution >= 0.6 is 0 Å². The number of hydrogen-bond donors (Lipinski definition) is 1. The van der Waals surface area contributed by atoms with E-state index in [0.29, 0.717) is 0 Å². The molecule has 0 spiro atoms. The van der Waals surface area contributed by atoms with Crippen molar-refractivity contribution < 1.29 is 23.0 Å². The highest BCUT2D eigenvalue weighted by molar-refractivity contribution is 4.87. The number of alkyl halides is 3. The quantitative estimate of drug-likeness (QED) is 0.656. The molecule has 3 atom stereocenters. The second-order valence-electron chi connectivity index (χ2n) is 2.78. The van der Waals surface area contributed by atoms with E-state index in [2.05, 4.69) is 4.74 Å². The van der Waals surface area contributed by atoms with Crippen LogP contribution in [0.5, 0.6) is 0 Å². The largest absolute Gasteiger partial charge is 0.394 e. The predicted molar refractivity (Wildman–Crippen MR) is 34.2 cm³/mol. The van der Waals surface area contributed by atoms with E-state index in [-0.39, 0.29) is 6.42 Å². The van der Waals surface area contributed by atoms with E-state index >= 15 is 0 Å². The summed E-state index contributed by atoms with van der Waals surface area (Å²) in [5.41, 5.74) is 0. The molecule has 1 unspecified atom stereocenters. The minimum atomic E-state index is -4.33. The Kier molecular flexibility index (Phi) is 2.63. The zero-order valence-corrected chi connectivity index (χ0v) is 6.21. The Hall–Kier alpha value is -0.290. The van der Waals surface area contributed by atoms with Crippen LogP contribution in [0.4, 0.5) is 13.2 Å². The van der Waals surface area contributed by atoms with Crippen molar-refractivity contribution in [2.75, 3.05) is 6.61 Å². The molecule has 0 amide bonds. The molecular weight excluding hydrogens is 173 g/mol. The van der Waals surface area contributed by atoms with Crippen LogP contribution in [0.3, 0.4) is 0 Å². The van der Waals surface area contributed by atoms with Crippen LogP contribution in [-0.4, -0.2) is 30.1 Å². The summed E-state index contributed by atoms with van der Waals surface area (Å²) < 4.78 is 41.0. The fraction of sp³-hybridized carbons (Fsp3) is 0.857. The molecule has 1 N–H and O–H groups in total. The fourth-order valence-corrected chi connectivity index (χ4v) is 1.29. The van der Waals surface area contributed by atoms with Gasteiger partial charge in [-0.05, 0) is 13.3 Å². The van der Waals surface area contributed by atoms with Crippen molar-refractivity contribution in [2.45, 2.75) is 24.8 Å². The number of halogens is 3. The maximum atomic E-state index is 12.1. The Morgan fingerprint density at radius 1 is 1.50 bits per heavy atom. The first kappa shape index (κ1) is 9.80. The van der Waals surface area contributed by atoms with Gasteiger partial charge >= 0.3 is 6.18 Å². The molecule has 0 saturated carbocycles. The van der Waals surface area contributed by atoms with Crippen molar-refractivity contribution >= 4 is 0 Å². The van der Waals surface area contributed by atoms with E-state index in [0.717, 1.165) is 0 Å². The molecule has 0 aromatic carbocycles. The van der Waals surface area contributed by atoms with E-state index < -0.39 is 30.9 Å². The van der Waals surface area contributed by atoms with Gasteiger partial charge in [-0.3, -0.25) is 0 Å². The highest BCUT2D eigenvalue weighted by atomic mass is 19.4. The van der Waals surface area contributed by atoms with Crippen LogP contribution < -0.4 is 0 Å². The van der Waals surface area contributed by atoms with Gasteiger partial charge < -0.3 is 9.84 Å². The summed E-state index contributed by atoms with van der Waals surface area (Å²) in [6, 6.07) is 0. The van der Waals surface area contributed by atoms with Gasteiger partial charge in [0.25, 0.3) is 0 Å². The molecule has 70 valence electrons.